The van der Waals surface area contributed by atoms with Crippen LogP contribution in [0.4, 0.5) is 4.39 Å². The van der Waals surface area contributed by atoms with Crippen LogP contribution in [0.2, 0.25) is 0 Å². The Labute approximate surface area is 77.2 Å². The molecular formula is C10H14FNO. The first kappa shape index (κ1) is 10.2. The molecule has 0 saturated heterocycles. The van der Waals surface area contributed by atoms with E-state index in [0.717, 1.165) is 0 Å². The molecule has 0 radical (unpaired) electrons. The Bertz CT molecular complexity index is 265. The number of aliphatic hydroxyl groups excluding tert-OH is 1. The molecule has 0 fully saturated rings. The van der Waals surface area contributed by atoms with Crippen molar-refractivity contribution in [3.05, 3.63) is 35.6 Å². The van der Waals surface area contributed by atoms with Crippen LogP contribution in [-0.2, 0) is 0 Å². The molecule has 3 heteroatoms. The topological polar surface area (TPSA) is 46.2 Å². The fourth-order valence-electron chi connectivity index (χ4n) is 1.24. The summed E-state index contributed by atoms with van der Waals surface area (Å²) in [4.78, 5) is 0. The first-order chi connectivity index (χ1) is 6.25. The average Bonchev–Trinajstić information content (AvgIpc) is 2.15. The summed E-state index contributed by atoms with van der Waals surface area (Å²) < 4.78 is 13.1. The summed E-state index contributed by atoms with van der Waals surface area (Å²) >= 11 is 0. The van der Waals surface area contributed by atoms with Crippen LogP contribution < -0.4 is 5.73 Å². The van der Waals surface area contributed by atoms with Crippen molar-refractivity contribution in [1.82, 2.24) is 0 Å². The lowest BCUT2D eigenvalue weighted by Crippen LogP contribution is -2.12. The van der Waals surface area contributed by atoms with Gasteiger partial charge in [0.25, 0.3) is 0 Å². The van der Waals surface area contributed by atoms with E-state index in [9.17, 15) is 4.39 Å². The van der Waals surface area contributed by atoms with E-state index in [-0.39, 0.29) is 18.5 Å². The van der Waals surface area contributed by atoms with Crippen LogP contribution in [0.25, 0.3) is 0 Å². The van der Waals surface area contributed by atoms with E-state index in [4.69, 9.17) is 10.8 Å². The highest BCUT2D eigenvalue weighted by atomic mass is 19.1. The summed E-state index contributed by atoms with van der Waals surface area (Å²) in [6.07, 6.45) is 1.22. The van der Waals surface area contributed by atoms with Crippen molar-refractivity contribution in [2.75, 3.05) is 6.61 Å². The average molecular weight is 183 g/mol. The number of hydrogen-bond acceptors (Lipinski definition) is 2. The molecule has 0 aliphatic heterocycles. The predicted molar refractivity (Wildman–Crippen MR) is 49.6 cm³/mol. The Morgan fingerprint density at radius 1 is 1.38 bits per heavy atom. The second kappa shape index (κ2) is 4.94. The monoisotopic (exact) mass is 183 g/mol. The fourth-order valence-corrected chi connectivity index (χ4v) is 1.24. The van der Waals surface area contributed by atoms with Crippen LogP contribution >= 0.6 is 0 Å². The number of benzene rings is 1. The maximum absolute atomic E-state index is 13.1. The molecule has 0 aromatic heterocycles. The molecule has 0 bridgehead atoms. The molecule has 0 aliphatic carbocycles. The minimum absolute atomic E-state index is 0.0994. The van der Waals surface area contributed by atoms with Crippen molar-refractivity contribution >= 4 is 0 Å². The maximum Gasteiger partial charge on any atom is 0.127 e. The van der Waals surface area contributed by atoms with Crippen molar-refractivity contribution in [3.8, 4) is 0 Å². The first-order valence-electron chi connectivity index (χ1n) is 4.36. The smallest absolute Gasteiger partial charge is 0.127 e. The molecule has 0 unspecified atom stereocenters. The normalized spacial score (nSPS) is 12.8. The second-order valence-electron chi connectivity index (χ2n) is 2.99. The van der Waals surface area contributed by atoms with Gasteiger partial charge in [-0.3, -0.25) is 0 Å². The second-order valence-corrected chi connectivity index (χ2v) is 2.99. The van der Waals surface area contributed by atoms with Crippen LogP contribution in [0.1, 0.15) is 24.4 Å². The summed E-state index contributed by atoms with van der Waals surface area (Å²) in [6.45, 7) is 0.0994. The molecule has 72 valence electrons. The predicted octanol–water partition coefficient (Wildman–Crippen LogP) is 1.60. The van der Waals surface area contributed by atoms with Gasteiger partial charge in [-0.05, 0) is 18.9 Å². The number of hydrogen-bond donors (Lipinski definition) is 2. The zero-order valence-corrected chi connectivity index (χ0v) is 7.41. The third kappa shape index (κ3) is 2.79. The summed E-state index contributed by atoms with van der Waals surface area (Å²) in [7, 11) is 0. The van der Waals surface area contributed by atoms with Gasteiger partial charge in [0.05, 0.1) is 0 Å². The third-order valence-electron chi connectivity index (χ3n) is 1.98. The van der Waals surface area contributed by atoms with Crippen LogP contribution in [0.3, 0.4) is 0 Å². The van der Waals surface area contributed by atoms with Gasteiger partial charge >= 0.3 is 0 Å². The van der Waals surface area contributed by atoms with Crippen molar-refractivity contribution < 1.29 is 9.50 Å². The number of rotatable bonds is 4. The molecule has 0 saturated carbocycles. The summed E-state index contributed by atoms with van der Waals surface area (Å²) in [6, 6.07) is 6.16. The van der Waals surface area contributed by atoms with Gasteiger partial charge in [-0.1, -0.05) is 18.2 Å². The van der Waals surface area contributed by atoms with E-state index in [1.807, 2.05) is 0 Å². The van der Waals surface area contributed by atoms with Gasteiger partial charge in [-0.25, -0.2) is 4.39 Å². The van der Waals surface area contributed by atoms with Gasteiger partial charge in [0.1, 0.15) is 5.82 Å². The molecule has 0 spiro atoms. The highest BCUT2D eigenvalue weighted by molar-refractivity contribution is 5.20. The van der Waals surface area contributed by atoms with Gasteiger partial charge in [0.15, 0.2) is 0 Å². The molecule has 1 aromatic carbocycles. The van der Waals surface area contributed by atoms with E-state index in [1.54, 1.807) is 18.2 Å². The fraction of sp³-hybridized carbons (Fsp3) is 0.400. The molecule has 2 nitrogen and oxygen atoms in total. The highest BCUT2D eigenvalue weighted by Gasteiger charge is 2.09. The van der Waals surface area contributed by atoms with E-state index in [2.05, 4.69) is 0 Å². The molecule has 1 rings (SSSR count). The Morgan fingerprint density at radius 2 is 2.08 bits per heavy atom. The van der Waals surface area contributed by atoms with Gasteiger partial charge < -0.3 is 10.8 Å². The number of halogens is 1. The minimum Gasteiger partial charge on any atom is -0.396 e. The molecule has 0 aliphatic rings. The van der Waals surface area contributed by atoms with Crippen LogP contribution in [0, 0.1) is 5.82 Å². The highest BCUT2D eigenvalue weighted by Crippen LogP contribution is 2.18. The molecular weight excluding hydrogens is 169 g/mol. The lowest BCUT2D eigenvalue weighted by Gasteiger charge is -2.11. The minimum atomic E-state index is -0.312. The van der Waals surface area contributed by atoms with Crippen molar-refractivity contribution in [2.24, 2.45) is 5.73 Å². The molecule has 0 heterocycles. The summed E-state index contributed by atoms with van der Waals surface area (Å²) in [5.74, 6) is -0.270. The van der Waals surface area contributed by atoms with E-state index in [1.165, 1.54) is 6.07 Å². The Balaban J connectivity index is 2.65. The zero-order chi connectivity index (χ0) is 9.68. The van der Waals surface area contributed by atoms with Crippen LogP contribution in [0.5, 0.6) is 0 Å². The Morgan fingerprint density at radius 3 is 2.69 bits per heavy atom. The van der Waals surface area contributed by atoms with Crippen LogP contribution in [0.15, 0.2) is 24.3 Å². The van der Waals surface area contributed by atoms with Gasteiger partial charge in [0.2, 0.25) is 0 Å². The molecule has 1 atom stereocenters. The summed E-state index contributed by atoms with van der Waals surface area (Å²) in [5, 5.41) is 8.58. The molecule has 13 heavy (non-hydrogen) atoms. The van der Waals surface area contributed by atoms with Gasteiger partial charge in [-0.15, -0.1) is 0 Å². The SMILES string of the molecule is N[C@@H](CCCO)c1ccccc1F. The van der Waals surface area contributed by atoms with Crippen molar-refractivity contribution in [2.45, 2.75) is 18.9 Å². The van der Waals surface area contributed by atoms with Crippen molar-refractivity contribution in [3.63, 3.8) is 0 Å². The largest absolute Gasteiger partial charge is 0.396 e. The van der Waals surface area contributed by atoms with Crippen LogP contribution in [-0.4, -0.2) is 11.7 Å². The Kier molecular flexibility index (Phi) is 3.86. The third-order valence-corrected chi connectivity index (χ3v) is 1.98. The van der Waals surface area contributed by atoms with E-state index >= 15 is 0 Å². The number of nitrogens with two attached hydrogens (primary N) is 1. The van der Waals surface area contributed by atoms with Crippen molar-refractivity contribution in [1.29, 1.82) is 0 Å². The quantitative estimate of drug-likeness (QED) is 0.744. The van der Waals surface area contributed by atoms with Gasteiger partial charge in [-0.2, -0.15) is 0 Å². The maximum atomic E-state index is 13.1. The molecule has 1 aromatic rings. The van der Waals surface area contributed by atoms with Gasteiger partial charge in [0, 0.05) is 18.2 Å². The number of aliphatic hydroxyl groups is 1. The lowest BCUT2D eigenvalue weighted by atomic mass is 10.0. The van der Waals surface area contributed by atoms with E-state index < -0.39 is 0 Å². The standard InChI is InChI=1S/C10H14FNO/c11-9-5-2-1-4-8(9)10(12)6-3-7-13/h1-2,4-5,10,13H,3,6-7,12H2/t10-/m0/s1. The summed E-state index contributed by atoms with van der Waals surface area (Å²) in [5.41, 5.74) is 6.25. The Hall–Kier alpha value is -0.930. The van der Waals surface area contributed by atoms with E-state index in [0.29, 0.717) is 18.4 Å². The lowest BCUT2D eigenvalue weighted by molar-refractivity contribution is 0.279. The molecule has 3 N–H and O–H groups in total. The first-order valence-corrected chi connectivity index (χ1v) is 4.36. The molecule has 0 amide bonds. The zero-order valence-electron chi connectivity index (χ0n) is 7.41.